The molecule has 0 saturated heterocycles. The van der Waals surface area contributed by atoms with Crippen LogP contribution in [-0.4, -0.2) is 5.78 Å². The molecule has 1 aromatic heterocycles. The minimum absolute atomic E-state index is 0.120. The van der Waals surface area contributed by atoms with Gasteiger partial charge in [-0.25, -0.2) is 0 Å². The second kappa shape index (κ2) is 4.62. The van der Waals surface area contributed by atoms with Gasteiger partial charge in [0.05, 0.1) is 6.26 Å². The Morgan fingerprint density at radius 3 is 2.56 bits per heavy atom. The van der Waals surface area contributed by atoms with Gasteiger partial charge in [-0.3, -0.25) is 4.79 Å². The summed E-state index contributed by atoms with van der Waals surface area (Å²) in [6.07, 6.45) is 4.79. The van der Waals surface area contributed by atoms with Crippen molar-refractivity contribution in [3.05, 3.63) is 65.6 Å². The number of benzene rings is 1. The van der Waals surface area contributed by atoms with Crippen molar-refractivity contribution >= 4 is 11.9 Å². The zero-order valence-electron chi connectivity index (χ0n) is 9.01. The van der Waals surface area contributed by atoms with Crippen LogP contribution in [0.1, 0.15) is 21.7 Å². The predicted octanol–water partition coefficient (Wildman–Crippen LogP) is 3.48. The van der Waals surface area contributed by atoms with E-state index >= 15 is 0 Å². The van der Waals surface area contributed by atoms with Gasteiger partial charge < -0.3 is 4.42 Å². The molecule has 0 aliphatic rings. The third-order valence-electron chi connectivity index (χ3n) is 2.27. The van der Waals surface area contributed by atoms with Crippen LogP contribution in [0.25, 0.3) is 6.08 Å². The molecule has 0 amide bonds. The zero-order valence-corrected chi connectivity index (χ0v) is 9.01. The number of rotatable bonds is 3. The van der Waals surface area contributed by atoms with E-state index in [1.165, 1.54) is 17.9 Å². The quantitative estimate of drug-likeness (QED) is 0.576. The summed E-state index contributed by atoms with van der Waals surface area (Å²) in [5.74, 6) is 0.244. The molecule has 0 aliphatic heterocycles. The smallest absolute Gasteiger partial charge is 0.221 e. The van der Waals surface area contributed by atoms with E-state index in [1.807, 2.05) is 31.2 Å². The fourth-order valence-electron chi connectivity index (χ4n) is 1.35. The number of allylic oxidation sites excluding steroid dienone is 1. The van der Waals surface area contributed by atoms with Crippen molar-refractivity contribution < 1.29 is 9.21 Å². The Bertz CT molecular complexity index is 490. The highest BCUT2D eigenvalue weighted by atomic mass is 16.3. The van der Waals surface area contributed by atoms with Crippen molar-refractivity contribution in [3.63, 3.8) is 0 Å². The minimum Gasteiger partial charge on any atom is -0.461 e. The van der Waals surface area contributed by atoms with Gasteiger partial charge in [-0.2, -0.15) is 0 Å². The number of aryl methyl sites for hydroxylation is 1. The number of carbonyl (C=O) groups is 1. The Hall–Kier alpha value is -2.09. The standard InChI is InChI=1S/C14H12O2/c1-11-4-6-12(7-5-11)8-9-13(15)14-3-2-10-16-14/h2-10H,1H3. The lowest BCUT2D eigenvalue weighted by Gasteiger charge is -1.94. The van der Waals surface area contributed by atoms with E-state index in [-0.39, 0.29) is 5.78 Å². The maximum absolute atomic E-state index is 11.6. The SMILES string of the molecule is Cc1ccc(C=CC(=O)c2ccco2)cc1. The van der Waals surface area contributed by atoms with Gasteiger partial charge >= 0.3 is 0 Å². The predicted molar refractivity (Wildman–Crippen MR) is 63.3 cm³/mol. The van der Waals surface area contributed by atoms with Gasteiger partial charge in [0.1, 0.15) is 0 Å². The number of hydrogen-bond acceptors (Lipinski definition) is 2. The van der Waals surface area contributed by atoms with E-state index in [0.29, 0.717) is 5.76 Å². The van der Waals surface area contributed by atoms with Crippen LogP contribution in [-0.2, 0) is 0 Å². The van der Waals surface area contributed by atoms with Gasteiger partial charge in [0.15, 0.2) is 5.76 Å². The number of ketones is 1. The zero-order chi connectivity index (χ0) is 11.4. The van der Waals surface area contributed by atoms with E-state index in [4.69, 9.17) is 4.42 Å². The second-order valence-electron chi connectivity index (χ2n) is 3.59. The molecule has 0 atom stereocenters. The minimum atomic E-state index is -0.120. The average Bonchev–Trinajstić information content (AvgIpc) is 2.81. The highest BCUT2D eigenvalue weighted by Crippen LogP contribution is 2.07. The van der Waals surface area contributed by atoms with E-state index in [1.54, 1.807) is 18.2 Å². The Kier molecular flexibility index (Phi) is 3.01. The lowest BCUT2D eigenvalue weighted by atomic mass is 10.1. The molecule has 2 aromatic rings. The molecular weight excluding hydrogens is 200 g/mol. The van der Waals surface area contributed by atoms with Gasteiger partial charge in [-0.05, 0) is 30.7 Å². The van der Waals surface area contributed by atoms with Crippen LogP contribution in [0.4, 0.5) is 0 Å². The first-order chi connectivity index (χ1) is 7.75. The summed E-state index contributed by atoms with van der Waals surface area (Å²) in [5, 5.41) is 0. The van der Waals surface area contributed by atoms with Crippen molar-refractivity contribution in [1.29, 1.82) is 0 Å². The van der Waals surface area contributed by atoms with Crippen molar-refractivity contribution in [1.82, 2.24) is 0 Å². The third-order valence-corrected chi connectivity index (χ3v) is 2.27. The van der Waals surface area contributed by atoms with Crippen molar-refractivity contribution in [2.24, 2.45) is 0 Å². The van der Waals surface area contributed by atoms with E-state index < -0.39 is 0 Å². The molecule has 80 valence electrons. The summed E-state index contributed by atoms with van der Waals surface area (Å²) >= 11 is 0. The average molecular weight is 212 g/mol. The number of furan rings is 1. The Morgan fingerprint density at radius 1 is 1.19 bits per heavy atom. The van der Waals surface area contributed by atoms with Crippen LogP contribution in [0.2, 0.25) is 0 Å². The van der Waals surface area contributed by atoms with Crippen LogP contribution >= 0.6 is 0 Å². The topological polar surface area (TPSA) is 30.2 Å². The summed E-state index contributed by atoms with van der Waals surface area (Å²) in [4.78, 5) is 11.6. The lowest BCUT2D eigenvalue weighted by molar-refractivity contribution is 0.102. The second-order valence-corrected chi connectivity index (χ2v) is 3.59. The van der Waals surface area contributed by atoms with Crippen LogP contribution in [0, 0.1) is 6.92 Å². The molecule has 0 bridgehead atoms. The van der Waals surface area contributed by atoms with E-state index in [0.717, 1.165) is 5.56 Å². The lowest BCUT2D eigenvalue weighted by Crippen LogP contribution is -1.90. The van der Waals surface area contributed by atoms with Crippen molar-refractivity contribution in [3.8, 4) is 0 Å². The van der Waals surface area contributed by atoms with E-state index in [2.05, 4.69) is 0 Å². The first-order valence-electron chi connectivity index (χ1n) is 5.08. The van der Waals surface area contributed by atoms with Crippen molar-refractivity contribution in [2.75, 3.05) is 0 Å². The highest BCUT2D eigenvalue weighted by molar-refractivity contribution is 6.04. The molecule has 1 heterocycles. The van der Waals surface area contributed by atoms with Crippen LogP contribution in [0.15, 0.2) is 53.2 Å². The van der Waals surface area contributed by atoms with Gasteiger partial charge in [-0.1, -0.05) is 35.9 Å². The molecule has 0 spiro atoms. The fraction of sp³-hybridized carbons (Fsp3) is 0.0714. The van der Waals surface area contributed by atoms with Gasteiger partial charge in [0, 0.05) is 0 Å². The first kappa shape index (κ1) is 10.4. The fourth-order valence-corrected chi connectivity index (χ4v) is 1.35. The molecule has 2 nitrogen and oxygen atoms in total. The van der Waals surface area contributed by atoms with Crippen molar-refractivity contribution in [2.45, 2.75) is 6.92 Å². The Labute approximate surface area is 94.2 Å². The summed E-state index contributed by atoms with van der Waals surface area (Å²) < 4.78 is 5.00. The summed E-state index contributed by atoms with van der Waals surface area (Å²) in [7, 11) is 0. The largest absolute Gasteiger partial charge is 0.461 e. The molecule has 0 fully saturated rings. The maximum atomic E-state index is 11.6. The molecule has 0 saturated carbocycles. The molecule has 16 heavy (non-hydrogen) atoms. The van der Waals surface area contributed by atoms with Gasteiger partial charge in [0.25, 0.3) is 0 Å². The summed E-state index contributed by atoms with van der Waals surface area (Å²) in [6.45, 7) is 2.03. The molecule has 0 N–H and O–H groups in total. The normalized spacial score (nSPS) is 10.8. The molecular formula is C14H12O2. The summed E-state index contributed by atoms with van der Waals surface area (Å²) in [5.41, 5.74) is 2.21. The molecule has 0 unspecified atom stereocenters. The summed E-state index contributed by atoms with van der Waals surface area (Å²) in [6, 6.07) is 11.3. The Balaban J connectivity index is 2.10. The monoisotopic (exact) mass is 212 g/mol. The molecule has 0 radical (unpaired) electrons. The van der Waals surface area contributed by atoms with Crippen LogP contribution in [0.3, 0.4) is 0 Å². The first-order valence-corrected chi connectivity index (χ1v) is 5.08. The molecule has 1 aromatic carbocycles. The highest BCUT2D eigenvalue weighted by Gasteiger charge is 2.02. The Morgan fingerprint density at radius 2 is 1.94 bits per heavy atom. The number of hydrogen-bond donors (Lipinski definition) is 0. The maximum Gasteiger partial charge on any atom is 0.221 e. The number of carbonyl (C=O) groups excluding carboxylic acids is 1. The molecule has 2 heteroatoms. The van der Waals surface area contributed by atoms with Crippen LogP contribution < -0.4 is 0 Å². The van der Waals surface area contributed by atoms with Gasteiger partial charge in [0.2, 0.25) is 5.78 Å². The van der Waals surface area contributed by atoms with E-state index in [9.17, 15) is 4.79 Å². The van der Waals surface area contributed by atoms with Crippen LogP contribution in [0.5, 0.6) is 0 Å². The van der Waals surface area contributed by atoms with Gasteiger partial charge in [-0.15, -0.1) is 0 Å². The molecule has 0 aliphatic carbocycles. The third kappa shape index (κ3) is 2.48. The molecule has 2 rings (SSSR count).